The van der Waals surface area contributed by atoms with Crippen LogP contribution in [0, 0.1) is 16.0 Å². The van der Waals surface area contributed by atoms with Crippen molar-refractivity contribution in [2.75, 3.05) is 26.3 Å². The van der Waals surface area contributed by atoms with E-state index < -0.39 is 52.3 Å². The molecule has 0 N–H and O–H groups in total. The first kappa shape index (κ1) is 32.6. The topological polar surface area (TPSA) is 183 Å². The van der Waals surface area contributed by atoms with Gasteiger partial charge in [0.25, 0.3) is 29.3 Å². The van der Waals surface area contributed by atoms with Crippen LogP contribution >= 0.6 is 0 Å². The number of amides is 4. The van der Waals surface area contributed by atoms with E-state index in [2.05, 4.69) is 4.99 Å². The Morgan fingerprint density at radius 2 is 1.24 bits per heavy atom. The van der Waals surface area contributed by atoms with Crippen molar-refractivity contribution in [2.24, 2.45) is 10.9 Å². The maximum Gasteiger partial charge on any atom is 0.336 e. The number of non-ortho nitro benzene ring substituents is 1. The standard InChI is InChI=1S/C35H28N4O10/c1-19-27(34(44)48-16-14-37-30(40)23-10-3-4-11-24(23)31(37)41)29(21-8-7-9-22(18-21)39(46)47)28(20(2)36-19)35(45)49-17-15-38-32(42)25-12-5-6-13-26(25)33(38)43/h3-13,18,27,29H,14-17H2,1-2H3. The van der Waals surface area contributed by atoms with Crippen LogP contribution in [-0.4, -0.2) is 82.3 Å². The van der Waals surface area contributed by atoms with Crippen LogP contribution in [0.4, 0.5) is 5.69 Å². The van der Waals surface area contributed by atoms with Gasteiger partial charge >= 0.3 is 11.9 Å². The normalized spacial score (nSPS) is 18.4. The number of nitro benzene ring substituents is 1. The smallest absolute Gasteiger partial charge is 0.336 e. The second-order valence-electron chi connectivity index (χ2n) is 11.5. The molecule has 3 aliphatic rings. The van der Waals surface area contributed by atoms with Gasteiger partial charge in [0, 0.05) is 29.5 Å². The van der Waals surface area contributed by atoms with Crippen LogP contribution in [0.5, 0.6) is 0 Å². The van der Waals surface area contributed by atoms with Crippen LogP contribution < -0.4 is 0 Å². The molecule has 4 amide bonds. The Morgan fingerprint density at radius 3 is 1.73 bits per heavy atom. The van der Waals surface area contributed by atoms with E-state index in [9.17, 15) is 38.9 Å². The fourth-order valence-corrected chi connectivity index (χ4v) is 6.32. The summed E-state index contributed by atoms with van der Waals surface area (Å²) in [5.41, 5.74) is 1.28. The summed E-state index contributed by atoms with van der Waals surface area (Å²) < 4.78 is 11.1. The second kappa shape index (κ2) is 13.1. The summed E-state index contributed by atoms with van der Waals surface area (Å²) in [6.07, 6.45) is 0. The Bertz CT molecular complexity index is 1960. The van der Waals surface area contributed by atoms with Crippen LogP contribution in [0.15, 0.2) is 89.1 Å². The lowest BCUT2D eigenvalue weighted by molar-refractivity contribution is -0.384. The molecule has 0 aliphatic carbocycles. The maximum atomic E-state index is 13.7. The van der Waals surface area contributed by atoms with Crippen LogP contribution in [0.1, 0.15) is 66.8 Å². The molecule has 0 saturated heterocycles. The monoisotopic (exact) mass is 664 g/mol. The number of carbonyl (C=O) groups excluding carboxylic acids is 6. The third-order valence-corrected chi connectivity index (χ3v) is 8.61. The van der Waals surface area contributed by atoms with Gasteiger partial charge in [-0.05, 0) is 43.7 Å². The molecule has 0 radical (unpaired) electrons. The highest BCUT2D eigenvalue weighted by Gasteiger charge is 2.44. The minimum absolute atomic E-state index is 0.0734. The van der Waals surface area contributed by atoms with E-state index in [4.69, 9.17) is 9.47 Å². The van der Waals surface area contributed by atoms with Crippen molar-refractivity contribution in [1.29, 1.82) is 0 Å². The van der Waals surface area contributed by atoms with E-state index in [0.29, 0.717) is 0 Å². The number of imide groups is 2. The first-order valence-corrected chi connectivity index (χ1v) is 15.2. The fourth-order valence-electron chi connectivity index (χ4n) is 6.32. The molecule has 2 unspecified atom stereocenters. The average Bonchev–Trinajstić information content (AvgIpc) is 3.48. The molecule has 0 aromatic heterocycles. The highest BCUT2D eigenvalue weighted by atomic mass is 16.6. The highest BCUT2D eigenvalue weighted by Crippen LogP contribution is 2.41. The molecule has 0 saturated carbocycles. The summed E-state index contributed by atoms with van der Waals surface area (Å²) in [5, 5.41) is 11.7. The minimum Gasteiger partial charge on any atom is -0.463 e. The number of fused-ring (bicyclic) bond motifs is 2. The third kappa shape index (κ3) is 5.88. The molecule has 248 valence electrons. The van der Waals surface area contributed by atoms with Crippen molar-refractivity contribution in [3.8, 4) is 0 Å². The van der Waals surface area contributed by atoms with Gasteiger partial charge in [-0.2, -0.15) is 0 Å². The largest absolute Gasteiger partial charge is 0.463 e. The number of nitrogens with zero attached hydrogens (tertiary/aromatic N) is 4. The number of benzene rings is 3. The van der Waals surface area contributed by atoms with Crippen molar-refractivity contribution in [3.05, 3.63) is 122 Å². The number of hydrogen-bond acceptors (Lipinski definition) is 11. The molecule has 6 rings (SSSR count). The van der Waals surface area contributed by atoms with Crippen molar-refractivity contribution < 1.29 is 43.2 Å². The molecule has 14 heteroatoms. The van der Waals surface area contributed by atoms with Gasteiger partial charge in [-0.3, -0.25) is 48.9 Å². The summed E-state index contributed by atoms with van der Waals surface area (Å²) in [7, 11) is 0. The zero-order chi connectivity index (χ0) is 35.0. The molecule has 14 nitrogen and oxygen atoms in total. The van der Waals surface area contributed by atoms with E-state index in [1.165, 1.54) is 55.5 Å². The Kier molecular flexibility index (Phi) is 8.70. The van der Waals surface area contributed by atoms with Gasteiger partial charge in [-0.1, -0.05) is 36.4 Å². The van der Waals surface area contributed by atoms with Gasteiger partial charge < -0.3 is 9.47 Å². The SMILES string of the molecule is CC1=NC(C)=C(C(=O)OCCN2C(=O)c3ccccc3C2=O)C(c2cccc([N+](=O)[O-])c2)C1C(=O)OCCN1C(=O)c2ccccc2C1=O. The number of nitro groups is 1. The number of aliphatic imine (C=N–C) groups is 1. The summed E-state index contributed by atoms with van der Waals surface area (Å²) in [6, 6.07) is 18.1. The first-order chi connectivity index (χ1) is 23.5. The summed E-state index contributed by atoms with van der Waals surface area (Å²) in [6.45, 7) is 1.87. The molecule has 3 aromatic rings. The number of esters is 2. The van der Waals surface area contributed by atoms with Gasteiger partial charge in [-0.15, -0.1) is 0 Å². The van der Waals surface area contributed by atoms with Crippen LogP contribution in [0.3, 0.4) is 0 Å². The Morgan fingerprint density at radius 1 is 0.755 bits per heavy atom. The Labute approximate surface area is 278 Å². The molecule has 3 aromatic carbocycles. The van der Waals surface area contributed by atoms with E-state index in [-0.39, 0.29) is 76.8 Å². The Hall–Kier alpha value is -6.31. The van der Waals surface area contributed by atoms with E-state index in [1.807, 2.05) is 0 Å². The predicted molar refractivity (Wildman–Crippen MR) is 171 cm³/mol. The van der Waals surface area contributed by atoms with Gasteiger partial charge in [0.15, 0.2) is 0 Å². The van der Waals surface area contributed by atoms with Crippen LogP contribution in [-0.2, 0) is 19.1 Å². The van der Waals surface area contributed by atoms with Crippen LogP contribution in [0.25, 0.3) is 0 Å². The molecule has 3 aliphatic heterocycles. The van der Waals surface area contributed by atoms with E-state index in [0.717, 1.165) is 9.80 Å². The number of hydrogen-bond donors (Lipinski definition) is 0. The lowest BCUT2D eigenvalue weighted by Gasteiger charge is -2.31. The maximum absolute atomic E-state index is 13.7. The number of allylic oxidation sites excluding steroid dienone is 1. The molecular weight excluding hydrogens is 636 g/mol. The van der Waals surface area contributed by atoms with E-state index in [1.54, 1.807) is 31.2 Å². The zero-order valence-electron chi connectivity index (χ0n) is 26.3. The average molecular weight is 665 g/mol. The van der Waals surface area contributed by atoms with Crippen molar-refractivity contribution in [3.63, 3.8) is 0 Å². The van der Waals surface area contributed by atoms with Crippen molar-refractivity contribution in [1.82, 2.24) is 9.80 Å². The summed E-state index contributed by atoms with van der Waals surface area (Å²) in [4.78, 5) is 95.9. The fraction of sp³-hybridized carbons (Fsp3) is 0.229. The first-order valence-electron chi connectivity index (χ1n) is 15.2. The third-order valence-electron chi connectivity index (χ3n) is 8.61. The quantitative estimate of drug-likeness (QED) is 0.134. The van der Waals surface area contributed by atoms with Gasteiger partial charge in [-0.25, -0.2) is 4.79 Å². The molecule has 0 fully saturated rings. The second-order valence-corrected chi connectivity index (χ2v) is 11.5. The van der Waals surface area contributed by atoms with Crippen molar-refractivity contribution in [2.45, 2.75) is 19.8 Å². The zero-order valence-corrected chi connectivity index (χ0v) is 26.3. The number of ether oxygens (including phenoxy) is 2. The lowest BCUT2D eigenvalue weighted by Crippen LogP contribution is -2.39. The minimum atomic E-state index is -1.24. The van der Waals surface area contributed by atoms with Crippen LogP contribution in [0.2, 0.25) is 0 Å². The molecule has 49 heavy (non-hydrogen) atoms. The molecule has 2 atom stereocenters. The molecule has 0 spiro atoms. The lowest BCUT2D eigenvalue weighted by atomic mass is 9.75. The molecular formula is C35H28N4O10. The molecule has 0 bridgehead atoms. The van der Waals surface area contributed by atoms with Gasteiger partial charge in [0.1, 0.15) is 19.1 Å². The Balaban J connectivity index is 1.21. The van der Waals surface area contributed by atoms with E-state index >= 15 is 0 Å². The molecule has 3 heterocycles. The van der Waals surface area contributed by atoms with Crippen molar-refractivity contribution >= 4 is 47.0 Å². The predicted octanol–water partition coefficient (Wildman–Crippen LogP) is 3.72. The van der Waals surface area contributed by atoms with Gasteiger partial charge in [0.05, 0.1) is 45.8 Å². The summed E-state index contributed by atoms with van der Waals surface area (Å²) in [5.74, 6) is -6.24. The van der Waals surface area contributed by atoms with Gasteiger partial charge in [0.2, 0.25) is 0 Å². The number of carbonyl (C=O) groups is 6. The summed E-state index contributed by atoms with van der Waals surface area (Å²) >= 11 is 0. The number of rotatable bonds is 10. The highest BCUT2D eigenvalue weighted by molar-refractivity contribution is 6.22.